The monoisotopic (exact) mass is 680 g/mol. The number of amides is 1. The third kappa shape index (κ3) is 5.78. The molecule has 1 aliphatic carbocycles. The van der Waals surface area contributed by atoms with E-state index < -0.39 is 53.9 Å². The summed E-state index contributed by atoms with van der Waals surface area (Å²) in [5.41, 5.74) is 2.95. The van der Waals surface area contributed by atoms with Gasteiger partial charge in [-0.2, -0.15) is 0 Å². The number of aliphatic hydroxyl groups is 3. The van der Waals surface area contributed by atoms with Crippen molar-refractivity contribution in [1.82, 2.24) is 5.32 Å². The predicted octanol–water partition coefficient (Wildman–Crippen LogP) is 1.89. The zero-order valence-corrected chi connectivity index (χ0v) is 28.0. The average Bonchev–Trinajstić information content (AvgIpc) is 3.53. The van der Waals surface area contributed by atoms with Crippen LogP contribution in [-0.4, -0.2) is 93.1 Å². The zero-order valence-electron chi connectivity index (χ0n) is 28.0. The number of aliphatic hydroxyl groups excluding tert-OH is 2. The third-order valence-electron chi connectivity index (χ3n) is 9.88. The molecule has 2 aliphatic heterocycles. The van der Waals surface area contributed by atoms with Crippen LogP contribution in [0.25, 0.3) is 0 Å². The Morgan fingerprint density at radius 2 is 1.78 bits per heavy atom. The number of rotatable bonds is 12. The molecule has 6 N–H and O–H groups in total. The Bertz CT molecular complexity index is 1630. The molecule has 2 fully saturated rings. The van der Waals surface area contributed by atoms with Crippen LogP contribution in [0, 0.1) is 5.92 Å². The van der Waals surface area contributed by atoms with Crippen molar-refractivity contribution in [3.8, 4) is 23.0 Å². The fourth-order valence-electron chi connectivity index (χ4n) is 7.48. The summed E-state index contributed by atoms with van der Waals surface area (Å²) < 4.78 is 42.0. The van der Waals surface area contributed by atoms with E-state index in [2.05, 4.69) is 5.32 Å². The summed E-state index contributed by atoms with van der Waals surface area (Å²) in [4.78, 5) is 13.9. The van der Waals surface area contributed by atoms with Gasteiger partial charge in [0.1, 0.15) is 40.3 Å². The number of carbonyl (C=O) groups excluding carboxylic acids is 1. The van der Waals surface area contributed by atoms with E-state index >= 15 is 0 Å². The van der Waals surface area contributed by atoms with E-state index in [1.165, 1.54) is 14.2 Å². The number of carbonyl (C=O) groups is 1. The molecular weight excluding hydrogens is 636 g/mol. The lowest BCUT2D eigenvalue weighted by Crippen LogP contribution is -2.59. The van der Waals surface area contributed by atoms with E-state index in [4.69, 9.17) is 38.9 Å². The summed E-state index contributed by atoms with van der Waals surface area (Å²) in [5, 5.41) is 36.2. The lowest BCUT2D eigenvalue weighted by molar-refractivity contribution is -0.353. The minimum atomic E-state index is -1.77. The maximum atomic E-state index is 13.9. The highest BCUT2D eigenvalue weighted by Gasteiger charge is 2.73. The van der Waals surface area contributed by atoms with Gasteiger partial charge in [0.25, 0.3) is 6.29 Å². The molecule has 13 nitrogen and oxygen atoms in total. The zero-order chi connectivity index (χ0) is 35.0. The van der Waals surface area contributed by atoms with Gasteiger partial charge >= 0.3 is 0 Å². The summed E-state index contributed by atoms with van der Waals surface area (Å²) in [6.45, 7) is 1.53. The van der Waals surface area contributed by atoms with Crippen LogP contribution in [-0.2, 0) is 30.2 Å². The SMILES string of the molecule is COc1ccc([C@@]23Oc4cc(O[C@@H]5O[C@@](C)([C@H](O)CO)CO[C@H]5OC)cc(OC)c4[C@]2(O)C[C@H](C(=O)NCCN)[C@H]3c2ccccc2)cc1. The second-order valence-corrected chi connectivity index (χ2v) is 12.7. The molecule has 49 heavy (non-hydrogen) atoms. The first kappa shape index (κ1) is 34.9. The van der Waals surface area contributed by atoms with E-state index in [0.717, 1.165) is 5.56 Å². The molecule has 0 spiro atoms. The van der Waals surface area contributed by atoms with Crippen LogP contribution in [0.1, 0.15) is 36.0 Å². The molecular formula is C36H44N2O11. The largest absolute Gasteiger partial charge is 0.497 e. The van der Waals surface area contributed by atoms with Crippen molar-refractivity contribution in [2.45, 2.75) is 54.7 Å². The first-order chi connectivity index (χ1) is 23.6. The fourth-order valence-corrected chi connectivity index (χ4v) is 7.48. The number of ether oxygens (including phenoxy) is 7. The van der Waals surface area contributed by atoms with E-state index in [9.17, 15) is 20.1 Å². The molecule has 3 aliphatic rings. The van der Waals surface area contributed by atoms with Crippen molar-refractivity contribution < 1.29 is 53.3 Å². The second-order valence-electron chi connectivity index (χ2n) is 12.7. The van der Waals surface area contributed by atoms with Crippen molar-refractivity contribution in [2.24, 2.45) is 11.7 Å². The van der Waals surface area contributed by atoms with E-state index in [1.807, 2.05) is 42.5 Å². The molecule has 6 rings (SSSR count). The molecule has 0 bridgehead atoms. The van der Waals surface area contributed by atoms with Gasteiger partial charge in [-0.1, -0.05) is 42.5 Å². The molecule has 8 atom stereocenters. The van der Waals surface area contributed by atoms with Crippen LogP contribution in [0.5, 0.6) is 23.0 Å². The molecule has 3 aromatic rings. The van der Waals surface area contributed by atoms with Crippen LogP contribution < -0.4 is 30.0 Å². The van der Waals surface area contributed by atoms with Gasteiger partial charge in [0, 0.05) is 38.2 Å². The van der Waals surface area contributed by atoms with Gasteiger partial charge in [0.2, 0.25) is 12.2 Å². The van der Waals surface area contributed by atoms with Gasteiger partial charge in [-0.3, -0.25) is 4.79 Å². The molecule has 13 heteroatoms. The van der Waals surface area contributed by atoms with Crippen LogP contribution in [0.3, 0.4) is 0 Å². The standard InChI is InChI=1S/C36H44N2O11/c1-34(28(40)19-39)20-46-32(45-4)33(49-34)47-24-16-26(44-3)30-27(17-24)48-36(22-10-12-23(43-2)13-11-22)29(21-8-6-5-7-9-21)25(18-35(30,36)42)31(41)38-15-14-37/h5-13,16-17,25,28-29,32-33,39-40,42H,14-15,18-20,37H2,1-4H3,(H,38,41)/t25-,28+,29+,32+,33+,34+,35+,36-/m0/s1. The second kappa shape index (κ2) is 13.8. The molecule has 1 amide bonds. The highest BCUT2D eigenvalue weighted by atomic mass is 16.8. The maximum Gasteiger partial charge on any atom is 0.252 e. The summed E-state index contributed by atoms with van der Waals surface area (Å²) in [7, 11) is 4.47. The molecule has 1 saturated carbocycles. The van der Waals surface area contributed by atoms with E-state index in [-0.39, 0.29) is 49.3 Å². The summed E-state index contributed by atoms with van der Waals surface area (Å²) in [6.07, 6.45) is -3.39. The van der Waals surface area contributed by atoms with Crippen molar-refractivity contribution in [1.29, 1.82) is 0 Å². The number of benzene rings is 3. The smallest absolute Gasteiger partial charge is 0.252 e. The topological polar surface area (TPSA) is 180 Å². The van der Waals surface area contributed by atoms with Crippen LogP contribution in [0.4, 0.5) is 0 Å². The third-order valence-corrected chi connectivity index (χ3v) is 9.88. The van der Waals surface area contributed by atoms with Crippen molar-refractivity contribution in [2.75, 3.05) is 47.6 Å². The van der Waals surface area contributed by atoms with Crippen LogP contribution >= 0.6 is 0 Å². The number of nitrogens with one attached hydrogen (secondary N) is 1. The Labute approximate surface area is 284 Å². The first-order valence-electron chi connectivity index (χ1n) is 16.2. The van der Waals surface area contributed by atoms with Gasteiger partial charge in [-0.25, -0.2) is 0 Å². The quantitative estimate of drug-likeness (QED) is 0.188. The Hall–Kier alpha value is -3.95. The van der Waals surface area contributed by atoms with Gasteiger partial charge in [0.05, 0.1) is 38.9 Å². The van der Waals surface area contributed by atoms with E-state index in [1.54, 1.807) is 38.3 Å². The normalized spacial score (nSPS) is 30.9. The highest BCUT2D eigenvalue weighted by molar-refractivity contribution is 5.82. The molecule has 0 radical (unpaired) electrons. The number of methoxy groups -OCH3 is 3. The minimum absolute atomic E-state index is 0.00128. The predicted molar refractivity (Wildman–Crippen MR) is 175 cm³/mol. The van der Waals surface area contributed by atoms with Crippen molar-refractivity contribution in [3.63, 3.8) is 0 Å². The molecule has 1 saturated heterocycles. The summed E-state index contributed by atoms with van der Waals surface area (Å²) >= 11 is 0. The van der Waals surface area contributed by atoms with Gasteiger partial charge in [-0.15, -0.1) is 0 Å². The summed E-state index contributed by atoms with van der Waals surface area (Å²) in [5.74, 6) is -0.272. The van der Waals surface area contributed by atoms with Crippen molar-refractivity contribution >= 4 is 5.91 Å². The fraction of sp³-hybridized carbons (Fsp3) is 0.472. The number of fused-ring (bicyclic) bond motifs is 3. The lowest BCUT2D eigenvalue weighted by atomic mass is 9.70. The number of hydrogen-bond acceptors (Lipinski definition) is 12. The Kier molecular flexibility index (Phi) is 9.79. The number of nitrogens with two attached hydrogens (primary N) is 1. The Morgan fingerprint density at radius 3 is 2.41 bits per heavy atom. The molecule has 264 valence electrons. The van der Waals surface area contributed by atoms with Crippen molar-refractivity contribution in [3.05, 3.63) is 83.4 Å². The van der Waals surface area contributed by atoms with Gasteiger partial charge in [0.15, 0.2) is 5.60 Å². The molecule has 0 unspecified atom stereocenters. The van der Waals surface area contributed by atoms with E-state index in [0.29, 0.717) is 16.9 Å². The highest BCUT2D eigenvalue weighted by Crippen LogP contribution is 2.70. The summed E-state index contributed by atoms with van der Waals surface area (Å²) in [6, 6.07) is 20.0. The number of hydrogen-bond donors (Lipinski definition) is 5. The van der Waals surface area contributed by atoms with Gasteiger partial charge in [-0.05, 0) is 36.6 Å². The average molecular weight is 681 g/mol. The Balaban J connectivity index is 1.49. The Morgan fingerprint density at radius 1 is 1.04 bits per heavy atom. The van der Waals surface area contributed by atoms with Crippen LogP contribution in [0.2, 0.25) is 0 Å². The minimum Gasteiger partial charge on any atom is -0.497 e. The molecule has 2 heterocycles. The maximum absolute atomic E-state index is 13.9. The lowest BCUT2D eigenvalue weighted by Gasteiger charge is -2.43. The molecule has 3 aromatic carbocycles. The molecule has 0 aromatic heterocycles. The van der Waals surface area contributed by atoms with Gasteiger partial charge < -0.3 is 59.5 Å². The first-order valence-corrected chi connectivity index (χ1v) is 16.2. The van der Waals surface area contributed by atoms with Crippen LogP contribution in [0.15, 0.2) is 66.7 Å².